The lowest BCUT2D eigenvalue weighted by Crippen LogP contribution is -2.37. The van der Waals surface area contributed by atoms with Gasteiger partial charge in [0.25, 0.3) is 5.69 Å². The van der Waals surface area contributed by atoms with Crippen molar-refractivity contribution in [3.05, 3.63) is 64.2 Å². The van der Waals surface area contributed by atoms with E-state index in [1.165, 1.54) is 18.3 Å². The van der Waals surface area contributed by atoms with Crippen LogP contribution in [0.25, 0.3) is 0 Å². The highest BCUT2D eigenvalue weighted by Crippen LogP contribution is 2.22. The first-order chi connectivity index (χ1) is 15.6. The quantitative estimate of drug-likeness (QED) is 0.286. The molecule has 0 spiro atoms. The second-order valence-electron chi connectivity index (χ2n) is 6.78. The van der Waals surface area contributed by atoms with E-state index in [1.54, 1.807) is 36.4 Å². The number of non-ortho nitro benzene ring substituents is 1. The van der Waals surface area contributed by atoms with Crippen molar-refractivity contribution in [3.63, 3.8) is 0 Å². The Balaban J connectivity index is 1.59. The normalized spacial score (nSPS) is 13.8. The number of hydrogen-bond acceptors (Lipinski definition) is 11. The summed E-state index contributed by atoms with van der Waals surface area (Å²) in [6, 6.07) is 12.7. The fourth-order valence-electron chi connectivity index (χ4n) is 2.97. The Morgan fingerprint density at radius 2 is 1.88 bits per heavy atom. The fourth-order valence-corrected chi connectivity index (χ4v) is 2.97. The average molecular weight is 436 g/mol. The molecule has 32 heavy (non-hydrogen) atoms. The summed E-state index contributed by atoms with van der Waals surface area (Å²) in [4.78, 5) is 25.7. The average Bonchev–Trinajstić information content (AvgIpc) is 2.80. The Morgan fingerprint density at radius 1 is 1.09 bits per heavy atom. The number of anilines is 4. The highest BCUT2D eigenvalue weighted by Gasteiger charge is 2.17. The molecule has 1 aliphatic rings. The molecule has 2 heterocycles. The smallest absolute Gasteiger partial charge is 0.271 e. The lowest BCUT2D eigenvalue weighted by Gasteiger charge is -2.27. The van der Waals surface area contributed by atoms with E-state index in [0.717, 1.165) is 0 Å². The van der Waals surface area contributed by atoms with E-state index in [4.69, 9.17) is 4.74 Å². The third-order valence-corrected chi connectivity index (χ3v) is 4.48. The number of phenolic OH excluding ortho intramolecular Hbond substituents is 1. The largest absolute Gasteiger partial charge is 0.508 e. The number of aromatic nitrogens is 3. The van der Waals surface area contributed by atoms with Gasteiger partial charge >= 0.3 is 0 Å². The molecule has 1 fully saturated rings. The molecule has 12 heteroatoms. The molecular formula is C20H20N8O4. The van der Waals surface area contributed by atoms with Crippen LogP contribution in [0, 0.1) is 10.1 Å². The number of morpholine rings is 1. The van der Waals surface area contributed by atoms with E-state index in [-0.39, 0.29) is 23.3 Å². The van der Waals surface area contributed by atoms with Crippen molar-refractivity contribution in [2.24, 2.45) is 5.10 Å². The minimum Gasteiger partial charge on any atom is -0.508 e. The number of nitro groups is 1. The predicted octanol–water partition coefficient (Wildman–Crippen LogP) is 2.51. The molecule has 3 aromatic rings. The van der Waals surface area contributed by atoms with E-state index in [0.29, 0.717) is 43.5 Å². The van der Waals surface area contributed by atoms with Crippen molar-refractivity contribution in [1.82, 2.24) is 15.0 Å². The van der Waals surface area contributed by atoms with Crippen molar-refractivity contribution in [2.45, 2.75) is 0 Å². The fraction of sp³-hybridized carbons (Fsp3) is 0.200. The Bertz CT molecular complexity index is 1130. The molecule has 0 unspecified atom stereocenters. The molecule has 164 valence electrons. The lowest BCUT2D eigenvalue weighted by atomic mass is 10.2. The van der Waals surface area contributed by atoms with Crippen LogP contribution in [-0.4, -0.2) is 57.5 Å². The van der Waals surface area contributed by atoms with Gasteiger partial charge in [-0.05, 0) is 23.8 Å². The second-order valence-corrected chi connectivity index (χ2v) is 6.78. The lowest BCUT2D eigenvalue weighted by molar-refractivity contribution is -0.384. The van der Waals surface area contributed by atoms with Crippen molar-refractivity contribution < 1.29 is 14.8 Å². The topological polar surface area (TPSA) is 151 Å². The molecule has 0 bridgehead atoms. The number of nitro benzene ring substituents is 1. The van der Waals surface area contributed by atoms with Gasteiger partial charge in [0.15, 0.2) is 0 Å². The molecule has 4 rings (SSSR count). The summed E-state index contributed by atoms with van der Waals surface area (Å²) in [6.45, 7) is 2.34. The Morgan fingerprint density at radius 3 is 2.66 bits per heavy atom. The molecule has 1 aliphatic heterocycles. The summed E-state index contributed by atoms with van der Waals surface area (Å²) in [5.74, 6) is 0.946. The van der Waals surface area contributed by atoms with Crippen LogP contribution in [0.5, 0.6) is 5.75 Å². The van der Waals surface area contributed by atoms with E-state index in [1.807, 2.05) is 4.90 Å². The molecule has 1 saturated heterocycles. The monoisotopic (exact) mass is 436 g/mol. The van der Waals surface area contributed by atoms with Crippen LogP contribution in [0.1, 0.15) is 5.56 Å². The molecular weight excluding hydrogens is 416 g/mol. The van der Waals surface area contributed by atoms with Gasteiger partial charge in [0, 0.05) is 30.9 Å². The number of nitrogens with zero attached hydrogens (tertiary/aromatic N) is 6. The number of hydrogen-bond donors (Lipinski definition) is 3. The third kappa shape index (κ3) is 5.43. The Labute approximate surface area is 182 Å². The first kappa shape index (κ1) is 20.9. The highest BCUT2D eigenvalue weighted by molar-refractivity contribution is 5.80. The molecule has 0 atom stereocenters. The minimum atomic E-state index is -0.471. The number of hydrazone groups is 1. The summed E-state index contributed by atoms with van der Waals surface area (Å²) in [6.07, 6.45) is 1.52. The van der Waals surface area contributed by atoms with E-state index in [2.05, 4.69) is 30.8 Å². The maximum atomic E-state index is 11.1. The van der Waals surface area contributed by atoms with Gasteiger partial charge in [-0.15, -0.1) is 0 Å². The zero-order chi connectivity index (χ0) is 22.3. The molecule has 2 aromatic carbocycles. The summed E-state index contributed by atoms with van der Waals surface area (Å²) in [7, 11) is 0. The Kier molecular flexibility index (Phi) is 6.32. The summed E-state index contributed by atoms with van der Waals surface area (Å²) < 4.78 is 5.38. The van der Waals surface area contributed by atoms with Gasteiger partial charge < -0.3 is 20.1 Å². The number of ether oxygens (including phenoxy) is 1. The molecule has 1 aromatic heterocycles. The summed E-state index contributed by atoms with van der Waals surface area (Å²) in [5.41, 5.74) is 3.87. The first-order valence-electron chi connectivity index (χ1n) is 9.75. The number of rotatable bonds is 7. The van der Waals surface area contributed by atoms with Gasteiger partial charge in [-0.1, -0.05) is 18.2 Å². The summed E-state index contributed by atoms with van der Waals surface area (Å²) >= 11 is 0. The standard InChI is InChI=1S/C20H20N8O4/c29-17-6-1-3-14(11-17)13-21-26-19-23-18(22-15-4-2-5-16(12-15)28(30)31)24-20(25-19)27-7-9-32-10-8-27/h1-6,11-13,29H,7-10H2,(H2,22,23,24,25,26). The van der Waals surface area contributed by atoms with Crippen LogP contribution in [-0.2, 0) is 4.74 Å². The first-order valence-corrected chi connectivity index (χ1v) is 9.75. The second kappa shape index (κ2) is 9.66. The maximum Gasteiger partial charge on any atom is 0.271 e. The van der Waals surface area contributed by atoms with E-state index < -0.39 is 4.92 Å². The predicted molar refractivity (Wildman–Crippen MR) is 119 cm³/mol. The summed E-state index contributed by atoms with van der Waals surface area (Å²) in [5, 5.41) is 27.7. The highest BCUT2D eigenvalue weighted by atomic mass is 16.6. The van der Waals surface area contributed by atoms with E-state index >= 15 is 0 Å². The van der Waals surface area contributed by atoms with Gasteiger partial charge in [0.1, 0.15) is 5.75 Å². The van der Waals surface area contributed by atoms with Crippen molar-refractivity contribution in [2.75, 3.05) is 41.9 Å². The van der Waals surface area contributed by atoms with Crippen molar-refractivity contribution in [1.29, 1.82) is 0 Å². The van der Waals surface area contributed by atoms with Gasteiger partial charge in [0.2, 0.25) is 17.8 Å². The molecule has 0 amide bonds. The van der Waals surface area contributed by atoms with Crippen molar-refractivity contribution in [3.8, 4) is 5.75 Å². The molecule has 0 radical (unpaired) electrons. The van der Waals surface area contributed by atoms with Crippen LogP contribution >= 0.6 is 0 Å². The van der Waals surface area contributed by atoms with Gasteiger partial charge in [-0.3, -0.25) is 10.1 Å². The Hall–Kier alpha value is -4.32. The van der Waals surface area contributed by atoms with Crippen molar-refractivity contribution >= 4 is 35.4 Å². The van der Waals surface area contributed by atoms with Crippen LogP contribution < -0.4 is 15.6 Å². The molecule has 3 N–H and O–H groups in total. The van der Waals surface area contributed by atoms with Gasteiger partial charge in [0.05, 0.1) is 24.4 Å². The van der Waals surface area contributed by atoms with Gasteiger partial charge in [-0.2, -0.15) is 20.1 Å². The molecule has 12 nitrogen and oxygen atoms in total. The maximum absolute atomic E-state index is 11.1. The number of aromatic hydroxyl groups is 1. The zero-order valence-corrected chi connectivity index (χ0v) is 16.9. The number of benzene rings is 2. The van der Waals surface area contributed by atoms with Crippen LogP contribution in [0.15, 0.2) is 53.6 Å². The minimum absolute atomic E-state index is 0.0495. The van der Waals surface area contributed by atoms with Crippen LogP contribution in [0.3, 0.4) is 0 Å². The molecule has 0 aliphatic carbocycles. The number of phenols is 1. The van der Waals surface area contributed by atoms with Crippen LogP contribution in [0.4, 0.5) is 29.2 Å². The third-order valence-electron chi connectivity index (χ3n) is 4.48. The SMILES string of the molecule is O=[N+]([O-])c1cccc(Nc2nc(NN=Cc3cccc(O)c3)nc(N3CCOCC3)n2)c1. The zero-order valence-electron chi connectivity index (χ0n) is 16.9. The number of nitrogens with one attached hydrogen (secondary N) is 2. The van der Waals surface area contributed by atoms with E-state index in [9.17, 15) is 15.2 Å². The molecule has 0 saturated carbocycles. The van der Waals surface area contributed by atoms with Gasteiger partial charge in [-0.25, -0.2) is 5.43 Å². The van der Waals surface area contributed by atoms with Crippen LogP contribution in [0.2, 0.25) is 0 Å².